The van der Waals surface area contributed by atoms with Gasteiger partial charge in [-0.3, -0.25) is 0 Å². The molecule has 0 aromatic heterocycles. The summed E-state index contributed by atoms with van der Waals surface area (Å²) in [6.45, 7) is 1.92. The first kappa shape index (κ1) is 7.98. The Morgan fingerprint density at radius 2 is 2.10 bits per heavy atom. The van der Waals surface area contributed by atoms with E-state index in [1.54, 1.807) is 7.11 Å². The molecule has 1 heterocycles. The van der Waals surface area contributed by atoms with Crippen molar-refractivity contribution in [2.24, 2.45) is 5.92 Å². The van der Waals surface area contributed by atoms with E-state index in [-0.39, 0.29) is 6.61 Å². The van der Waals surface area contributed by atoms with Gasteiger partial charge in [-0.2, -0.15) is 5.06 Å². The van der Waals surface area contributed by atoms with E-state index in [0.29, 0.717) is 5.92 Å². The molecule has 59 valence electrons. The van der Waals surface area contributed by atoms with Crippen molar-refractivity contribution >= 4 is 0 Å². The Hall–Kier alpha value is -0.120. The molecule has 0 N–H and O–H groups in total. The van der Waals surface area contributed by atoms with Crippen LogP contribution in [0.5, 0.6) is 0 Å². The van der Waals surface area contributed by atoms with Gasteiger partial charge in [0.15, 0.2) is 0 Å². The maximum atomic E-state index is 10.4. The molecule has 1 aliphatic rings. The molecular formula is C7H14NO2. The number of piperidine rings is 1. The largest absolute Gasteiger partial charge is 0.302 e. The third-order valence-electron chi connectivity index (χ3n) is 2.07. The molecule has 3 nitrogen and oxygen atoms in total. The zero-order chi connectivity index (χ0) is 7.40. The molecule has 0 amide bonds. The molecule has 0 unspecified atom stereocenters. The first-order chi connectivity index (χ1) is 4.86. The van der Waals surface area contributed by atoms with Gasteiger partial charge in [0.2, 0.25) is 0 Å². The lowest BCUT2D eigenvalue weighted by Gasteiger charge is -2.28. The van der Waals surface area contributed by atoms with Gasteiger partial charge >= 0.3 is 0 Å². The standard InChI is InChI=1S/C7H14NO2/c1-10-8-4-2-7(6-9)3-5-8/h7H,2-6H2,1H3. The van der Waals surface area contributed by atoms with Crippen LogP contribution in [0.3, 0.4) is 0 Å². The van der Waals surface area contributed by atoms with Gasteiger partial charge in [0, 0.05) is 13.1 Å². The Balaban J connectivity index is 2.17. The molecule has 0 aliphatic carbocycles. The van der Waals surface area contributed by atoms with Crippen molar-refractivity contribution in [3.8, 4) is 0 Å². The van der Waals surface area contributed by atoms with Gasteiger partial charge in [-0.15, -0.1) is 0 Å². The highest BCUT2D eigenvalue weighted by atomic mass is 16.7. The Labute approximate surface area is 61.5 Å². The fraction of sp³-hybridized carbons (Fsp3) is 1.00. The van der Waals surface area contributed by atoms with Crippen LogP contribution in [0.4, 0.5) is 0 Å². The van der Waals surface area contributed by atoms with Gasteiger partial charge in [-0.1, -0.05) is 0 Å². The topological polar surface area (TPSA) is 32.4 Å². The Kier molecular flexibility index (Phi) is 3.12. The van der Waals surface area contributed by atoms with Crippen LogP contribution in [0.25, 0.3) is 0 Å². The SMILES string of the molecule is CON1CCC(C[O])CC1. The molecule has 3 heteroatoms. The smallest absolute Gasteiger partial charge is 0.0851 e. The van der Waals surface area contributed by atoms with Crippen LogP contribution in [0.1, 0.15) is 12.8 Å². The van der Waals surface area contributed by atoms with E-state index in [4.69, 9.17) is 4.84 Å². The zero-order valence-corrected chi connectivity index (χ0v) is 6.38. The summed E-state index contributed by atoms with van der Waals surface area (Å²) in [5, 5.41) is 12.3. The number of hydrogen-bond acceptors (Lipinski definition) is 2. The molecule has 0 spiro atoms. The minimum Gasteiger partial charge on any atom is -0.302 e. The summed E-state index contributed by atoms with van der Waals surface area (Å²) in [6, 6.07) is 0. The summed E-state index contributed by atoms with van der Waals surface area (Å²) < 4.78 is 0. The van der Waals surface area contributed by atoms with Crippen molar-refractivity contribution in [1.82, 2.24) is 5.06 Å². The molecule has 10 heavy (non-hydrogen) atoms. The maximum absolute atomic E-state index is 10.4. The Morgan fingerprint density at radius 1 is 1.50 bits per heavy atom. The summed E-state index contributed by atoms with van der Waals surface area (Å²) in [7, 11) is 1.68. The summed E-state index contributed by atoms with van der Waals surface area (Å²) in [5.41, 5.74) is 0. The van der Waals surface area contributed by atoms with E-state index in [2.05, 4.69) is 0 Å². The van der Waals surface area contributed by atoms with Gasteiger partial charge in [0.25, 0.3) is 0 Å². The van der Waals surface area contributed by atoms with Crippen LogP contribution in [0.2, 0.25) is 0 Å². The minimum absolute atomic E-state index is 0.0809. The highest BCUT2D eigenvalue weighted by Crippen LogP contribution is 2.15. The summed E-state index contributed by atoms with van der Waals surface area (Å²) in [5.74, 6) is 0.395. The monoisotopic (exact) mass is 144 g/mol. The minimum atomic E-state index is 0.0809. The van der Waals surface area contributed by atoms with E-state index < -0.39 is 0 Å². The first-order valence-corrected chi connectivity index (χ1v) is 3.74. The lowest BCUT2D eigenvalue weighted by Crippen LogP contribution is -2.33. The second-order valence-corrected chi connectivity index (χ2v) is 2.72. The normalized spacial score (nSPS) is 23.4. The van der Waals surface area contributed by atoms with Crippen molar-refractivity contribution in [2.45, 2.75) is 12.8 Å². The summed E-state index contributed by atoms with van der Waals surface area (Å²) in [4.78, 5) is 5.02. The van der Waals surface area contributed by atoms with Gasteiger partial charge in [0.1, 0.15) is 0 Å². The van der Waals surface area contributed by atoms with Gasteiger partial charge in [0.05, 0.1) is 13.7 Å². The number of hydroxylamine groups is 2. The fourth-order valence-electron chi connectivity index (χ4n) is 1.26. The van der Waals surface area contributed by atoms with Crippen LogP contribution in [-0.4, -0.2) is 31.9 Å². The molecule has 1 radical (unpaired) electrons. The predicted molar refractivity (Wildman–Crippen MR) is 36.9 cm³/mol. The third kappa shape index (κ3) is 1.94. The number of nitrogens with zero attached hydrogens (tertiary/aromatic N) is 1. The highest BCUT2D eigenvalue weighted by Gasteiger charge is 2.17. The van der Waals surface area contributed by atoms with Gasteiger partial charge in [-0.25, -0.2) is 5.11 Å². The molecule has 0 aromatic rings. The number of hydrogen-bond donors (Lipinski definition) is 0. The predicted octanol–water partition coefficient (Wildman–Crippen LogP) is 0.690. The van der Waals surface area contributed by atoms with Crippen molar-refractivity contribution in [2.75, 3.05) is 26.8 Å². The first-order valence-electron chi connectivity index (χ1n) is 3.74. The molecule has 0 bridgehead atoms. The van der Waals surface area contributed by atoms with Gasteiger partial charge in [-0.05, 0) is 18.8 Å². The molecule has 1 fully saturated rings. The second-order valence-electron chi connectivity index (χ2n) is 2.72. The average Bonchev–Trinajstić information content (AvgIpc) is 2.05. The molecule has 0 saturated carbocycles. The van der Waals surface area contributed by atoms with Crippen molar-refractivity contribution in [3.05, 3.63) is 0 Å². The molecular weight excluding hydrogens is 130 g/mol. The fourth-order valence-corrected chi connectivity index (χ4v) is 1.26. The van der Waals surface area contributed by atoms with Crippen molar-refractivity contribution < 1.29 is 9.94 Å². The lowest BCUT2D eigenvalue weighted by atomic mass is 9.99. The van der Waals surface area contributed by atoms with E-state index in [1.165, 1.54) is 0 Å². The Morgan fingerprint density at radius 3 is 2.50 bits per heavy atom. The van der Waals surface area contributed by atoms with Crippen molar-refractivity contribution in [3.63, 3.8) is 0 Å². The summed E-state index contributed by atoms with van der Waals surface area (Å²) in [6.07, 6.45) is 1.99. The van der Waals surface area contributed by atoms with Crippen LogP contribution in [-0.2, 0) is 9.94 Å². The maximum Gasteiger partial charge on any atom is 0.0851 e. The van der Waals surface area contributed by atoms with Crippen LogP contribution in [0, 0.1) is 5.92 Å². The average molecular weight is 144 g/mol. The molecule has 1 aliphatic heterocycles. The van der Waals surface area contributed by atoms with Crippen LogP contribution in [0.15, 0.2) is 0 Å². The zero-order valence-electron chi connectivity index (χ0n) is 6.38. The quantitative estimate of drug-likeness (QED) is 0.571. The van der Waals surface area contributed by atoms with E-state index in [0.717, 1.165) is 25.9 Å². The van der Waals surface area contributed by atoms with Gasteiger partial charge < -0.3 is 4.84 Å². The molecule has 0 atom stereocenters. The van der Waals surface area contributed by atoms with Crippen molar-refractivity contribution in [1.29, 1.82) is 0 Å². The molecule has 1 rings (SSSR count). The number of rotatable bonds is 2. The van der Waals surface area contributed by atoms with Crippen LogP contribution >= 0.6 is 0 Å². The Bertz CT molecular complexity index is 77.6. The highest BCUT2D eigenvalue weighted by molar-refractivity contribution is 4.66. The van der Waals surface area contributed by atoms with Crippen LogP contribution < -0.4 is 0 Å². The van der Waals surface area contributed by atoms with E-state index in [1.807, 2.05) is 5.06 Å². The van der Waals surface area contributed by atoms with E-state index >= 15 is 0 Å². The lowest BCUT2D eigenvalue weighted by molar-refractivity contribution is -0.151. The van der Waals surface area contributed by atoms with E-state index in [9.17, 15) is 5.11 Å². The summed E-state index contributed by atoms with van der Waals surface area (Å²) >= 11 is 0. The second kappa shape index (κ2) is 3.91. The third-order valence-corrected chi connectivity index (χ3v) is 2.07. The molecule has 1 saturated heterocycles. The molecule has 0 aromatic carbocycles.